The monoisotopic (exact) mass is 367 g/mol. The van der Waals surface area contributed by atoms with Gasteiger partial charge in [0.2, 0.25) is 0 Å². The minimum atomic E-state index is -0.696. The Balaban J connectivity index is 2.03. The van der Waals surface area contributed by atoms with Crippen LogP contribution in [0.5, 0.6) is 0 Å². The van der Waals surface area contributed by atoms with E-state index in [0.717, 1.165) is 11.1 Å². The SMILES string of the molecule is Cc1ccc(-c2ncnc3c(-c4c(F)cccc4F)nccc23)c(Cl)c1. The Hall–Kier alpha value is -2.92. The molecule has 6 heteroatoms. The van der Waals surface area contributed by atoms with E-state index in [0.29, 0.717) is 21.6 Å². The lowest BCUT2D eigenvalue weighted by Crippen LogP contribution is -1.97. The van der Waals surface area contributed by atoms with Gasteiger partial charge < -0.3 is 0 Å². The van der Waals surface area contributed by atoms with Gasteiger partial charge in [-0.3, -0.25) is 4.98 Å². The first-order valence-corrected chi connectivity index (χ1v) is 8.24. The average molecular weight is 368 g/mol. The summed E-state index contributed by atoms with van der Waals surface area (Å²) in [7, 11) is 0. The Morgan fingerprint density at radius 1 is 0.885 bits per heavy atom. The van der Waals surface area contributed by atoms with Crippen molar-refractivity contribution >= 4 is 22.5 Å². The average Bonchev–Trinajstić information content (AvgIpc) is 2.61. The van der Waals surface area contributed by atoms with E-state index in [-0.39, 0.29) is 11.3 Å². The van der Waals surface area contributed by atoms with Crippen LogP contribution in [-0.4, -0.2) is 15.0 Å². The molecule has 0 atom stereocenters. The molecular weight excluding hydrogens is 356 g/mol. The van der Waals surface area contributed by atoms with Gasteiger partial charge in [-0.25, -0.2) is 18.7 Å². The Morgan fingerprint density at radius 3 is 2.38 bits per heavy atom. The van der Waals surface area contributed by atoms with E-state index >= 15 is 0 Å². The fraction of sp³-hybridized carbons (Fsp3) is 0.0500. The van der Waals surface area contributed by atoms with Gasteiger partial charge in [-0.2, -0.15) is 0 Å². The van der Waals surface area contributed by atoms with Crippen molar-refractivity contribution in [1.82, 2.24) is 15.0 Å². The number of hydrogen-bond donors (Lipinski definition) is 0. The molecule has 0 saturated heterocycles. The minimum Gasteiger partial charge on any atom is -0.254 e. The number of benzene rings is 2. The summed E-state index contributed by atoms with van der Waals surface area (Å²) in [4.78, 5) is 12.7. The van der Waals surface area contributed by atoms with Gasteiger partial charge in [0.05, 0.1) is 16.3 Å². The summed E-state index contributed by atoms with van der Waals surface area (Å²) in [6.45, 7) is 1.94. The molecule has 0 fully saturated rings. The fourth-order valence-corrected chi connectivity index (χ4v) is 3.25. The molecule has 0 unspecified atom stereocenters. The van der Waals surface area contributed by atoms with Gasteiger partial charge in [0, 0.05) is 17.1 Å². The number of aryl methyl sites for hydroxylation is 1. The largest absolute Gasteiger partial charge is 0.254 e. The predicted octanol–water partition coefficient (Wildman–Crippen LogP) is 5.60. The number of aromatic nitrogens is 3. The maximum absolute atomic E-state index is 14.3. The van der Waals surface area contributed by atoms with Crippen LogP contribution in [-0.2, 0) is 0 Å². The Bertz CT molecular complexity index is 1120. The summed E-state index contributed by atoms with van der Waals surface area (Å²) in [5.74, 6) is -1.39. The van der Waals surface area contributed by atoms with Crippen molar-refractivity contribution in [1.29, 1.82) is 0 Å². The van der Waals surface area contributed by atoms with E-state index in [1.54, 1.807) is 6.07 Å². The number of nitrogens with zero attached hydrogens (tertiary/aromatic N) is 3. The van der Waals surface area contributed by atoms with Gasteiger partial charge in [0.15, 0.2) is 0 Å². The summed E-state index contributed by atoms with van der Waals surface area (Å²) in [5, 5.41) is 1.16. The molecule has 0 radical (unpaired) electrons. The first kappa shape index (κ1) is 16.5. The van der Waals surface area contributed by atoms with Gasteiger partial charge in [-0.05, 0) is 36.8 Å². The van der Waals surface area contributed by atoms with E-state index in [2.05, 4.69) is 15.0 Å². The molecule has 0 N–H and O–H groups in total. The second-order valence-electron chi connectivity index (χ2n) is 5.86. The molecule has 128 valence electrons. The highest BCUT2D eigenvalue weighted by molar-refractivity contribution is 6.33. The Labute approximate surface area is 153 Å². The van der Waals surface area contributed by atoms with Crippen LogP contribution in [0.1, 0.15) is 5.56 Å². The number of pyridine rings is 1. The highest BCUT2D eigenvalue weighted by Crippen LogP contribution is 2.35. The maximum atomic E-state index is 14.3. The molecule has 0 aliphatic heterocycles. The molecular formula is C20H12ClF2N3. The lowest BCUT2D eigenvalue weighted by Gasteiger charge is -2.11. The zero-order valence-corrected chi connectivity index (χ0v) is 14.4. The van der Waals surface area contributed by atoms with Gasteiger partial charge in [0.1, 0.15) is 29.2 Å². The Morgan fingerprint density at radius 2 is 1.65 bits per heavy atom. The molecule has 26 heavy (non-hydrogen) atoms. The normalized spacial score (nSPS) is 11.1. The lowest BCUT2D eigenvalue weighted by atomic mass is 10.0. The second-order valence-corrected chi connectivity index (χ2v) is 6.27. The van der Waals surface area contributed by atoms with Crippen molar-refractivity contribution in [2.45, 2.75) is 6.92 Å². The van der Waals surface area contributed by atoms with Crippen LogP contribution < -0.4 is 0 Å². The van der Waals surface area contributed by atoms with Gasteiger partial charge in [-0.15, -0.1) is 0 Å². The Kier molecular flexibility index (Phi) is 4.09. The van der Waals surface area contributed by atoms with Gasteiger partial charge in [0.25, 0.3) is 0 Å². The molecule has 2 aromatic heterocycles. The molecule has 0 saturated carbocycles. The maximum Gasteiger partial charge on any atom is 0.135 e. The van der Waals surface area contributed by atoms with Crippen molar-refractivity contribution in [3.8, 4) is 22.5 Å². The predicted molar refractivity (Wildman–Crippen MR) is 97.9 cm³/mol. The molecule has 0 spiro atoms. The third-order valence-electron chi connectivity index (χ3n) is 4.13. The van der Waals surface area contributed by atoms with Gasteiger partial charge >= 0.3 is 0 Å². The zero-order valence-electron chi connectivity index (χ0n) is 13.7. The molecule has 0 aliphatic rings. The van der Waals surface area contributed by atoms with E-state index < -0.39 is 11.6 Å². The summed E-state index contributed by atoms with van der Waals surface area (Å²) < 4.78 is 28.5. The van der Waals surface area contributed by atoms with Crippen molar-refractivity contribution < 1.29 is 8.78 Å². The summed E-state index contributed by atoms with van der Waals surface area (Å²) in [5.41, 5.74) is 2.60. The third kappa shape index (κ3) is 2.70. The highest BCUT2D eigenvalue weighted by atomic mass is 35.5. The number of rotatable bonds is 2. The van der Waals surface area contributed by atoms with Crippen molar-refractivity contribution in [2.24, 2.45) is 0 Å². The third-order valence-corrected chi connectivity index (χ3v) is 4.45. The first-order chi connectivity index (χ1) is 12.6. The van der Waals surface area contributed by atoms with Crippen LogP contribution in [0.4, 0.5) is 8.78 Å². The van der Waals surface area contributed by atoms with Crippen LogP contribution in [0.25, 0.3) is 33.4 Å². The van der Waals surface area contributed by atoms with E-state index in [4.69, 9.17) is 11.6 Å². The number of fused-ring (bicyclic) bond motifs is 1. The van der Waals surface area contributed by atoms with Crippen molar-refractivity contribution in [3.63, 3.8) is 0 Å². The van der Waals surface area contributed by atoms with Crippen LogP contribution in [0.15, 0.2) is 55.0 Å². The fourth-order valence-electron chi connectivity index (χ4n) is 2.92. The quantitative estimate of drug-likeness (QED) is 0.463. The summed E-state index contributed by atoms with van der Waals surface area (Å²) in [6, 6.07) is 11.0. The molecule has 0 aliphatic carbocycles. The van der Waals surface area contributed by atoms with E-state index in [9.17, 15) is 8.78 Å². The molecule has 2 aromatic carbocycles. The second kappa shape index (κ2) is 6.42. The number of halogens is 3. The van der Waals surface area contributed by atoms with Gasteiger partial charge in [-0.1, -0.05) is 29.8 Å². The van der Waals surface area contributed by atoms with Crippen LogP contribution in [0, 0.1) is 18.6 Å². The number of hydrogen-bond acceptors (Lipinski definition) is 3. The molecule has 4 rings (SSSR count). The van der Waals surface area contributed by atoms with Crippen LogP contribution in [0.2, 0.25) is 5.02 Å². The summed E-state index contributed by atoms with van der Waals surface area (Å²) in [6.07, 6.45) is 2.83. The van der Waals surface area contributed by atoms with E-state index in [1.807, 2.05) is 25.1 Å². The van der Waals surface area contributed by atoms with E-state index in [1.165, 1.54) is 30.7 Å². The lowest BCUT2D eigenvalue weighted by molar-refractivity contribution is 0.589. The van der Waals surface area contributed by atoms with Crippen molar-refractivity contribution in [3.05, 3.63) is 77.2 Å². The smallest absolute Gasteiger partial charge is 0.135 e. The summed E-state index contributed by atoms with van der Waals surface area (Å²) >= 11 is 6.38. The highest BCUT2D eigenvalue weighted by Gasteiger charge is 2.18. The van der Waals surface area contributed by atoms with Crippen LogP contribution >= 0.6 is 11.6 Å². The minimum absolute atomic E-state index is 0.130. The molecule has 4 aromatic rings. The van der Waals surface area contributed by atoms with Crippen molar-refractivity contribution in [2.75, 3.05) is 0 Å². The standard InChI is InChI=1S/C20H12ClF2N3/c1-11-5-6-12(14(21)9-11)18-13-7-8-24-20(19(13)26-10-25-18)17-15(22)3-2-4-16(17)23/h2-10H,1H3. The molecule has 0 bridgehead atoms. The van der Waals surface area contributed by atoms with Crippen LogP contribution in [0.3, 0.4) is 0 Å². The first-order valence-electron chi connectivity index (χ1n) is 7.87. The molecule has 2 heterocycles. The topological polar surface area (TPSA) is 38.7 Å². The zero-order chi connectivity index (χ0) is 18.3. The molecule has 3 nitrogen and oxygen atoms in total. The molecule has 0 amide bonds.